The van der Waals surface area contributed by atoms with Gasteiger partial charge in [0.05, 0.1) is 0 Å². The van der Waals surface area contributed by atoms with Gasteiger partial charge in [-0.05, 0) is 66.0 Å². The van der Waals surface area contributed by atoms with E-state index in [2.05, 4.69) is 56.3 Å². The monoisotopic (exact) mass is 374 g/mol. The van der Waals surface area contributed by atoms with Gasteiger partial charge in [-0.2, -0.15) is 0 Å². The fourth-order valence-corrected chi connectivity index (χ4v) is 3.63. The summed E-state index contributed by atoms with van der Waals surface area (Å²) in [7, 11) is 0. The Kier molecular flexibility index (Phi) is 7.42. The number of rotatable bonds is 9. The lowest BCUT2D eigenvalue weighted by Crippen LogP contribution is -1.94. The van der Waals surface area contributed by atoms with Crippen LogP contribution in [0.15, 0.2) is 66.7 Å². The van der Waals surface area contributed by atoms with Crippen molar-refractivity contribution in [3.8, 4) is 11.1 Å². The van der Waals surface area contributed by atoms with Crippen LogP contribution in [0.4, 0.5) is 4.39 Å². The average Bonchev–Trinajstić information content (AvgIpc) is 2.72. The van der Waals surface area contributed by atoms with Crippen molar-refractivity contribution in [3.63, 3.8) is 0 Å². The van der Waals surface area contributed by atoms with Crippen molar-refractivity contribution in [1.82, 2.24) is 0 Å². The fourth-order valence-electron chi connectivity index (χ4n) is 3.63. The molecule has 0 amide bonds. The van der Waals surface area contributed by atoms with Crippen LogP contribution in [-0.4, -0.2) is 0 Å². The van der Waals surface area contributed by atoms with E-state index in [1.165, 1.54) is 36.0 Å². The topological polar surface area (TPSA) is 0 Å². The summed E-state index contributed by atoms with van der Waals surface area (Å²) >= 11 is 0. The van der Waals surface area contributed by atoms with Gasteiger partial charge >= 0.3 is 0 Å². The SMILES string of the molecule is CCCCc1ccc(-c2ccc(CCc3ccc(CCC)cc3)cc2F)cc1. The molecule has 3 rings (SSSR count). The van der Waals surface area contributed by atoms with E-state index in [0.717, 1.165) is 36.8 Å². The number of hydrogen-bond donors (Lipinski definition) is 0. The molecule has 1 heteroatoms. The molecular weight excluding hydrogens is 343 g/mol. The van der Waals surface area contributed by atoms with Crippen LogP contribution in [0.1, 0.15) is 55.4 Å². The molecule has 146 valence electrons. The van der Waals surface area contributed by atoms with Gasteiger partial charge in [-0.3, -0.25) is 0 Å². The normalized spacial score (nSPS) is 11.0. The maximum absolute atomic E-state index is 14.7. The van der Waals surface area contributed by atoms with Crippen LogP contribution in [-0.2, 0) is 25.7 Å². The van der Waals surface area contributed by atoms with Gasteiger partial charge in [0.15, 0.2) is 0 Å². The second kappa shape index (κ2) is 10.2. The maximum Gasteiger partial charge on any atom is 0.131 e. The number of halogens is 1. The molecule has 0 aliphatic rings. The van der Waals surface area contributed by atoms with E-state index in [1.807, 2.05) is 18.2 Å². The van der Waals surface area contributed by atoms with Crippen molar-refractivity contribution in [2.24, 2.45) is 0 Å². The van der Waals surface area contributed by atoms with Crippen LogP contribution in [0, 0.1) is 5.82 Å². The van der Waals surface area contributed by atoms with Gasteiger partial charge in [-0.25, -0.2) is 4.39 Å². The number of unbranched alkanes of at least 4 members (excludes halogenated alkanes) is 1. The third-order valence-corrected chi connectivity index (χ3v) is 5.38. The second-order valence-electron chi connectivity index (χ2n) is 7.68. The molecule has 0 saturated heterocycles. The Hall–Kier alpha value is -2.41. The van der Waals surface area contributed by atoms with Gasteiger partial charge in [0, 0.05) is 5.56 Å². The van der Waals surface area contributed by atoms with E-state index in [4.69, 9.17) is 0 Å². The highest BCUT2D eigenvalue weighted by molar-refractivity contribution is 5.64. The van der Waals surface area contributed by atoms with Gasteiger partial charge in [0.2, 0.25) is 0 Å². The zero-order valence-electron chi connectivity index (χ0n) is 17.2. The van der Waals surface area contributed by atoms with E-state index >= 15 is 0 Å². The lowest BCUT2D eigenvalue weighted by atomic mass is 9.98. The number of benzene rings is 3. The summed E-state index contributed by atoms with van der Waals surface area (Å²) in [5.41, 5.74) is 6.73. The Balaban J connectivity index is 1.63. The highest BCUT2D eigenvalue weighted by atomic mass is 19.1. The summed E-state index contributed by atoms with van der Waals surface area (Å²) in [6.45, 7) is 4.40. The van der Waals surface area contributed by atoms with E-state index in [-0.39, 0.29) is 5.82 Å². The standard InChI is InChI=1S/C27H31F/c1-3-5-7-22-14-17-25(18-15-22)26-19-16-24(20-27(26)28)13-12-23-10-8-21(6-4-2)9-11-23/h8-11,14-20H,3-7,12-13H2,1-2H3. The predicted molar refractivity (Wildman–Crippen MR) is 118 cm³/mol. The smallest absolute Gasteiger partial charge is 0.131 e. The van der Waals surface area contributed by atoms with Crippen molar-refractivity contribution in [1.29, 1.82) is 0 Å². The molecule has 0 unspecified atom stereocenters. The van der Waals surface area contributed by atoms with Crippen LogP contribution in [0.25, 0.3) is 11.1 Å². The van der Waals surface area contributed by atoms with Crippen LogP contribution >= 0.6 is 0 Å². The van der Waals surface area contributed by atoms with Crippen molar-refractivity contribution >= 4 is 0 Å². The minimum atomic E-state index is -0.128. The molecule has 28 heavy (non-hydrogen) atoms. The molecule has 0 atom stereocenters. The Morgan fingerprint density at radius 3 is 1.71 bits per heavy atom. The fraction of sp³-hybridized carbons (Fsp3) is 0.333. The number of aryl methyl sites for hydroxylation is 4. The Morgan fingerprint density at radius 2 is 1.11 bits per heavy atom. The first-order valence-corrected chi connectivity index (χ1v) is 10.6. The average molecular weight is 375 g/mol. The van der Waals surface area contributed by atoms with E-state index in [0.29, 0.717) is 5.56 Å². The predicted octanol–water partition coefficient (Wildman–Crippen LogP) is 7.57. The molecule has 0 aromatic heterocycles. The first-order valence-electron chi connectivity index (χ1n) is 10.6. The maximum atomic E-state index is 14.7. The summed E-state index contributed by atoms with van der Waals surface area (Å²) in [6, 6.07) is 22.9. The Labute approximate surface area is 169 Å². The number of hydrogen-bond acceptors (Lipinski definition) is 0. The first kappa shape index (κ1) is 20.3. The minimum absolute atomic E-state index is 0.128. The summed E-state index contributed by atoms with van der Waals surface area (Å²) in [4.78, 5) is 0. The molecule has 0 N–H and O–H groups in total. The van der Waals surface area contributed by atoms with Crippen LogP contribution in [0.2, 0.25) is 0 Å². The molecule has 0 radical (unpaired) electrons. The molecule has 0 aliphatic carbocycles. The highest BCUT2D eigenvalue weighted by Crippen LogP contribution is 2.25. The third-order valence-electron chi connectivity index (χ3n) is 5.38. The molecule has 0 saturated carbocycles. The quantitative estimate of drug-likeness (QED) is 0.362. The van der Waals surface area contributed by atoms with Gasteiger partial charge in [-0.15, -0.1) is 0 Å². The second-order valence-corrected chi connectivity index (χ2v) is 7.68. The third kappa shape index (κ3) is 5.55. The molecule has 0 nitrogen and oxygen atoms in total. The molecule has 0 aliphatic heterocycles. The van der Waals surface area contributed by atoms with Crippen LogP contribution < -0.4 is 0 Å². The van der Waals surface area contributed by atoms with Gasteiger partial charge < -0.3 is 0 Å². The summed E-state index contributed by atoms with van der Waals surface area (Å²) in [6.07, 6.45) is 7.60. The lowest BCUT2D eigenvalue weighted by molar-refractivity contribution is 0.628. The molecule has 0 heterocycles. The van der Waals surface area contributed by atoms with Crippen LogP contribution in [0.5, 0.6) is 0 Å². The van der Waals surface area contributed by atoms with Gasteiger partial charge in [0.25, 0.3) is 0 Å². The van der Waals surface area contributed by atoms with E-state index in [9.17, 15) is 4.39 Å². The molecular formula is C27H31F. The van der Waals surface area contributed by atoms with Gasteiger partial charge in [-0.1, -0.05) is 87.4 Å². The molecule has 0 fully saturated rings. The van der Waals surface area contributed by atoms with Crippen molar-refractivity contribution in [3.05, 3.63) is 94.8 Å². The largest absolute Gasteiger partial charge is 0.206 e. The van der Waals surface area contributed by atoms with Crippen molar-refractivity contribution < 1.29 is 4.39 Å². The molecule has 3 aromatic carbocycles. The highest BCUT2D eigenvalue weighted by Gasteiger charge is 2.07. The molecule has 0 spiro atoms. The first-order chi connectivity index (χ1) is 13.7. The van der Waals surface area contributed by atoms with Gasteiger partial charge in [0.1, 0.15) is 5.82 Å². The zero-order chi connectivity index (χ0) is 19.8. The van der Waals surface area contributed by atoms with Crippen molar-refractivity contribution in [2.45, 2.75) is 58.8 Å². The summed E-state index contributed by atoms with van der Waals surface area (Å²) < 4.78 is 14.7. The lowest BCUT2D eigenvalue weighted by Gasteiger charge is -2.08. The van der Waals surface area contributed by atoms with E-state index < -0.39 is 0 Å². The zero-order valence-corrected chi connectivity index (χ0v) is 17.2. The molecule has 0 bridgehead atoms. The van der Waals surface area contributed by atoms with E-state index in [1.54, 1.807) is 6.07 Å². The summed E-state index contributed by atoms with van der Waals surface area (Å²) in [5.74, 6) is -0.128. The Bertz CT molecular complexity index is 860. The molecule has 3 aromatic rings. The minimum Gasteiger partial charge on any atom is -0.206 e. The van der Waals surface area contributed by atoms with Crippen molar-refractivity contribution in [2.75, 3.05) is 0 Å². The Morgan fingerprint density at radius 1 is 0.571 bits per heavy atom. The summed E-state index contributed by atoms with van der Waals surface area (Å²) in [5, 5.41) is 0. The van der Waals surface area contributed by atoms with Crippen LogP contribution in [0.3, 0.4) is 0 Å².